The second-order valence-corrected chi connectivity index (χ2v) is 5.98. The Labute approximate surface area is 152 Å². The summed E-state index contributed by atoms with van der Waals surface area (Å²) in [6.45, 7) is 6.71. The van der Waals surface area contributed by atoms with E-state index in [4.69, 9.17) is 0 Å². The van der Waals surface area contributed by atoms with E-state index in [1.807, 2.05) is 14.0 Å². The molecule has 0 spiro atoms. The van der Waals surface area contributed by atoms with Crippen molar-refractivity contribution in [3.63, 3.8) is 0 Å². The second-order valence-electron chi connectivity index (χ2n) is 5.98. The van der Waals surface area contributed by atoms with Crippen LogP contribution in [0.15, 0.2) is 24.3 Å². The quantitative estimate of drug-likeness (QED) is 0.784. The molecular weight excluding hydrogens is 333 g/mol. The van der Waals surface area contributed by atoms with Gasteiger partial charge in [-0.25, -0.2) is 0 Å². The van der Waals surface area contributed by atoms with E-state index < -0.39 is 0 Å². The van der Waals surface area contributed by atoms with Crippen LogP contribution in [0.25, 0.3) is 0 Å². The number of carbonyl (C=O) groups is 1. The number of rotatable bonds is 7. The Morgan fingerprint density at radius 2 is 1.87 bits per heavy atom. The monoisotopic (exact) mass is 361 g/mol. The standard InChI is InChI=1S/C17H27N3O.2ClH/c1-14(11-18-2)17(21)19-12-15-6-5-7-16(10-15)13-20-8-3-4-9-20;;/h5-7,10,14,18H,3-4,8-9,11-13H2,1-2H3,(H,19,21);2*1H. The van der Waals surface area contributed by atoms with Gasteiger partial charge in [0.2, 0.25) is 5.91 Å². The van der Waals surface area contributed by atoms with Gasteiger partial charge < -0.3 is 10.6 Å². The highest BCUT2D eigenvalue weighted by Crippen LogP contribution is 2.13. The summed E-state index contributed by atoms with van der Waals surface area (Å²) in [5.74, 6) is 0.108. The zero-order valence-electron chi connectivity index (χ0n) is 14.0. The first-order valence-electron chi connectivity index (χ1n) is 7.91. The van der Waals surface area contributed by atoms with Crippen molar-refractivity contribution in [1.29, 1.82) is 0 Å². The van der Waals surface area contributed by atoms with Crippen molar-refractivity contribution >= 4 is 30.7 Å². The lowest BCUT2D eigenvalue weighted by atomic mass is 10.1. The van der Waals surface area contributed by atoms with E-state index in [2.05, 4.69) is 39.8 Å². The number of hydrogen-bond acceptors (Lipinski definition) is 3. The first kappa shape index (κ1) is 22.2. The molecule has 1 fully saturated rings. The van der Waals surface area contributed by atoms with Crippen molar-refractivity contribution in [2.24, 2.45) is 5.92 Å². The molecule has 1 saturated heterocycles. The molecule has 1 aromatic rings. The zero-order valence-corrected chi connectivity index (χ0v) is 15.6. The van der Waals surface area contributed by atoms with Gasteiger partial charge in [0.15, 0.2) is 0 Å². The lowest BCUT2D eigenvalue weighted by Gasteiger charge is -2.16. The molecule has 0 radical (unpaired) electrons. The van der Waals surface area contributed by atoms with Crippen LogP contribution in [0.4, 0.5) is 0 Å². The van der Waals surface area contributed by atoms with Gasteiger partial charge in [-0.3, -0.25) is 9.69 Å². The largest absolute Gasteiger partial charge is 0.352 e. The average Bonchev–Trinajstić information content (AvgIpc) is 2.98. The van der Waals surface area contributed by atoms with Crippen molar-refractivity contribution in [2.45, 2.75) is 32.9 Å². The summed E-state index contributed by atoms with van der Waals surface area (Å²) in [5, 5.41) is 6.04. The number of benzene rings is 1. The van der Waals surface area contributed by atoms with Crippen LogP contribution in [-0.2, 0) is 17.9 Å². The van der Waals surface area contributed by atoms with Gasteiger partial charge in [-0.05, 0) is 44.1 Å². The number of carbonyl (C=O) groups excluding carboxylic acids is 1. The minimum Gasteiger partial charge on any atom is -0.352 e. The normalized spacial score (nSPS) is 15.4. The summed E-state index contributed by atoms with van der Waals surface area (Å²) < 4.78 is 0. The molecule has 1 aromatic carbocycles. The minimum absolute atomic E-state index is 0. The molecule has 2 rings (SSSR count). The molecule has 2 N–H and O–H groups in total. The van der Waals surface area contributed by atoms with Crippen LogP contribution in [0.3, 0.4) is 0 Å². The molecular formula is C17H29Cl2N3O. The van der Waals surface area contributed by atoms with Gasteiger partial charge in [-0.1, -0.05) is 31.2 Å². The Morgan fingerprint density at radius 1 is 1.22 bits per heavy atom. The van der Waals surface area contributed by atoms with E-state index in [0.717, 1.165) is 6.54 Å². The van der Waals surface area contributed by atoms with Crippen molar-refractivity contribution in [3.05, 3.63) is 35.4 Å². The van der Waals surface area contributed by atoms with E-state index in [1.165, 1.54) is 37.1 Å². The summed E-state index contributed by atoms with van der Waals surface area (Å²) in [6.07, 6.45) is 2.64. The molecule has 23 heavy (non-hydrogen) atoms. The van der Waals surface area contributed by atoms with Crippen molar-refractivity contribution in [3.8, 4) is 0 Å². The fourth-order valence-corrected chi connectivity index (χ4v) is 2.80. The number of nitrogens with zero attached hydrogens (tertiary/aromatic N) is 1. The molecule has 0 bridgehead atoms. The maximum atomic E-state index is 11.9. The third kappa shape index (κ3) is 7.53. The lowest BCUT2D eigenvalue weighted by molar-refractivity contribution is -0.124. The first-order chi connectivity index (χ1) is 10.2. The Balaban J connectivity index is 0.00000242. The predicted molar refractivity (Wildman–Crippen MR) is 100 cm³/mol. The third-order valence-electron chi connectivity index (χ3n) is 4.02. The lowest BCUT2D eigenvalue weighted by Crippen LogP contribution is -2.33. The van der Waals surface area contributed by atoms with Gasteiger partial charge in [0.25, 0.3) is 0 Å². The molecule has 1 heterocycles. The van der Waals surface area contributed by atoms with Crippen LogP contribution in [0.5, 0.6) is 0 Å². The predicted octanol–water partition coefficient (Wildman–Crippen LogP) is 2.60. The Kier molecular flexibility index (Phi) is 11.3. The smallest absolute Gasteiger partial charge is 0.224 e. The van der Waals surface area contributed by atoms with Crippen molar-refractivity contribution in [2.75, 3.05) is 26.7 Å². The number of hydrogen-bond donors (Lipinski definition) is 2. The van der Waals surface area contributed by atoms with E-state index in [9.17, 15) is 4.79 Å². The number of nitrogens with one attached hydrogen (secondary N) is 2. The molecule has 6 heteroatoms. The topological polar surface area (TPSA) is 44.4 Å². The van der Waals surface area contributed by atoms with Gasteiger partial charge in [0.1, 0.15) is 0 Å². The van der Waals surface area contributed by atoms with E-state index in [0.29, 0.717) is 13.1 Å². The van der Waals surface area contributed by atoms with Crippen LogP contribution in [-0.4, -0.2) is 37.5 Å². The summed E-state index contributed by atoms with van der Waals surface area (Å²) in [7, 11) is 1.87. The molecule has 1 aliphatic rings. The molecule has 4 nitrogen and oxygen atoms in total. The maximum absolute atomic E-state index is 11.9. The van der Waals surface area contributed by atoms with E-state index >= 15 is 0 Å². The van der Waals surface area contributed by atoms with Crippen molar-refractivity contribution in [1.82, 2.24) is 15.5 Å². The maximum Gasteiger partial charge on any atom is 0.224 e. The summed E-state index contributed by atoms with van der Waals surface area (Å²) >= 11 is 0. The number of likely N-dealkylation sites (tertiary alicyclic amines) is 1. The summed E-state index contributed by atoms with van der Waals surface area (Å²) in [5.41, 5.74) is 2.52. The molecule has 1 aliphatic heterocycles. The van der Waals surface area contributed by atoms with Gasteiger partial charge in [-0.2, -0.15) is 0 Å². The molecule has 0 aromatic heterocycles. The van der Waals surface area contributed by atoms with Crippen LogP contribution < -0.4 is 10.6 Å². The molecule has 1 unspecified atom stereocenters. The minimum atomic E-state index is 0. The summed E-state index contributed by atoms with van der Waals surface area (Å²) in [4.78, 5) is 14.4. The fourth-order valence-electron chi connectivity index (χ4n) is 2.80. The first-order valence-corrected chi connectivity index (χ1v) is 7.91. The molecule has 132 valence electrons. The highest BCUT2D eigenvalue weighted by Gasteiger charge is 2.13. The second kappa shape index (κ2) is 11.7. The Morgan fingerprint density at radius 3 is 2.52 bits per heavy atom. The zero-order chi connectivity index (χ0) is 15.1. The molecule has 1 atom stereocenters. The van der Waals surface area contributed by atoms with Crippen LogP contribution >= 0.6 is 24.8 Å². The molecule has 1 amide bonds. The van der Waals surface area contributed by atoms with E-state index in [1.54, 1.807) is 0 Å². The Hall–Kier alpha value is -0.810. The SMILES string of the molecule is CNCC(C)C(=O)NCc1cccc(CN2CCCC2)c1.Cl.Cl. The summed E-state index contributed by atoms with van der Waals surface area (Å²) in [6, 6.07) is 8.55. The number of halogens is 2. The van der Waals surface area contributed by atoms with E-state index in [-0.39, 0.29) is 36.6 Å². The fraction of sp³-hybridized carbons (Fsp3) is 0.588. The highest BCUT2D eigenvalue weighted by atomic mass is 35.5. The highest BCUT2D eigenvalue weighted by molar-refractivity contribution is 5.85. The van der Waals surface area contributed by atoms with Gasteiger partial charge in [0, 0.05) is 25.6 Å². The average molecular weight is 362 g/mol. The third-order valence-corrected chi connectivity index (χ3v) is 4.02. The Bertz CT molecular complexity index is 465. The molecule has 0 aliphatic carbocycles. The van der Waals surface area contributed by atoms with Crippen molar-refractivity contribution < 1.29 is 4.79 Å². The van der Waals surface area contributed by atoms with Gasteiger partial charge >= 0.3 is 0 Å². The van der Waals surface area contributed by atoms with Crippen LogP contribution in [0.1, 0.15) is 30.9 Å². The van der Waals surface area contributed by atoms with Crippen LogP contribution in [0, 0.1) is 5.92 Å². The van der Waals surface area contributed by atoms with Gasteiger partial charge in [0.05, 0.1) is 0 Å². The van der Waals surface area contributed by atoms with Crippen LogP contribution in [0.2, 0.25) is 0 Å². The van der Waals surface area contributed by atoms with Gasteiger partial charge in [-0.15, -0.1) is 24.8 Å². The number of amides is 1. The molecule has 0 saturated carbocycles.